The van der Waals surface area contributed by atoms with E-state index < -0.39 is 0 Å². The van der Waals surface area contributed by atoms with E-state index in [4.69, 9.17) is 4.74 Å². The molecule has 82 valence electrons. The van der Waals surface area contributed by atoms with Crippen molar-refractivity contribution in [3.63, 3.8) is 0 Å². The number of nitrogens with zero attached hydrogens (tertiary/aromatic N) is 1. The number of rotatable bonds is 4. The predicted molar refractivity (Wildman–Crippen MR) is 58.7 cm³/mol. The lowest BCUT2D eigenvalue weighted by Gasteiger charge is -2.05. The van der Waals surface area contributed by atoms with Crippen molar-refractivity contribution in [2.24, 2.45) is 5.92 Å². The van der Waals surface area contributed by atoms with Crippen LogP contribution in [0, 0.1) is 5.92 Å². The molecule has 0 saturated carbocycles. The zero-order valence-corrected chi connectivity index (χ0v) is 9.49. The summed E-state index contributed by atoms with van der Waals surface area (Å²) in [4.78, 5) is 15.5. The molecule has 0 aliphatic rings. The van der Waals surface area contributed by atoms with E-state index in [1.165, 1.54) is 0 Å². The molecule has 3 nitrogen and oxygen atoms in total. The van der Waals surface area contributed by atoms with Gasteiger partial charge >= 0.3 is 5.97 Å². The number of ether oxygens (including phenoxy) is 1. The number of pyridine rings is 1. The monoisotopic (exact) mass is 207 g/mol. The van der Waals surface area contributed by atoms with E-state index in [-0.39, 0.29) is 5.97 Å². The number of carbonyl (C=O) groups is 1. The maximum absolute atomic E-state index is 11.3. The van der Waals surface area contributed by atoms with E-state index in [0.717, 1.165) is 12.1 Å². The largest absolute Gasteiger partial charge is 0.462 e. The molecule has 0 atom stereocenters. The Hall–Kier alpha value is -1.38. The Kier molecular flexibility index (Phi) is 4.28. The summed E-state index contributed by atoms with van der Waals surface area (Å²) in [6.45, 7) is 6.47. The van der Waals surface area contributed by atoms with E-state index in [2.05, 4.69) is 18.8 Å². The summed E-state index contributed by atoms with van der Waals surface area (Å²) in [6, 6.07) is 3.65. The summed E-state index contributed by atoms with van der Waals surface area (Å²) in [5.41, 5.74) is 1.53. The quantitative estimate of drug-likeness (QED) is 0.712. The Morgan fingerprint density at radius 1 is 1.47 bits per heavy atom. The van der Waals surface area contributed by atoms with E-state index in [1.54, 1.807) is 19.2 Å². The van der Waals surface area contributed by atoms with Crippen LogP contribution in [-0.4, -0.2) is 17.6 Å². The Labute approximate surface area is 90.5 Å². The van der Waals surface area contributed by atoms with Crippen LogP contribution >= 0.6 is 0 Å². The fourth-order valence-electron chi connectivity index (χ4n) is 1.30. The lowest BCUT2D eigenvalue weighted by molar-refractivity contribution is 0.0526. The first-order valence-electron chi connectivity index (χ1n) is 5.25. The predicted octanol–water partition coefficient (Wildman–Crippen LogP) is 2.46. The van der Waals surface area contributed by atoms with Crippen molar-refractivity contribution in [2.45, 2.75) is 27.2 Å². The van der Waals surface area contributed by atoms with Gasteiger partial charge in [-0.25, -0.2) is 4.79 Å². The van der Waals surface area contributed by atoms with Gasteiger partial charge in [0.05, 0.1) is 12.2 Å². The van der Waals surface area contributed by atoms with Gasteiger partial charge in [0.15, 0.2) is 0 Å². The zero-order chi connectivity index (χ0) is 11.3. The van der Waals surface area contributed by atoms with Crippen LogP contribution in [0.2, 0.25) is 0 Å². The molecule has 0 amide bonds. The van der Waals surface area contributed by atoms with Crippen molar-refractivity contribution in [2.75, 3.05) is 6.61 Å². The van der Waals surface area contributed by atoms with Crippen LogP contribution in [0.1, 0.15) is 36.8 Å². The molecular formula is C12H17NO2. The topological polar surface area (TPSA) is 39.2 Å². The van der Waals surface area contributed by atoms with Crippen LogP contribution in [0.5, 0.6) is 0 Å². The minimum Gasteiger partial charge on any atom is -0.462 e. The van der Waals surface area contributed by atoms with Gasteiger partial charge in [0.2, 0.25) is 0 Å². The molecule has 1 heterocycles. The first kappa shape index (κ1) is 11.7. The van der Waals surface area contributed by atoms with Gasteiger partial charge in [0.25, 0.3) is 0 Å². The minimum atomic E-state index is -0.305. The summed E-state index contributed by atoms with van der Waals surface area (Å²) in [5, 5.41) is 0. The third-order valence-corrected chi connectivity index (χ3v) is 1.95. The van der Waals surface area contributed by atoms with Crippen molar-refractivity contribution in [3.8, 4) is 0 Å². The Morgan fingerprint density at radius 2 is 2.20 bits per heavy atom. The van der Waals surface area contributed by atoms with Crippen LogP contribution in [-0.2, 0) is 11.2 Å². The summed E-state index contributed by atoms with van der Waals surface area (Å²) < 4.78 is 4.87. The molecule has 0 aliphatic carbocycles. The molecule has 0 bridgehead atoms. The maximum atomic E-state index is 11.3. The van der Waals surface area contributed by atoms with Crippen molar-refractivity contribution in [1.82, 2.24) is 4.98 Å². The van der Waals surface area contributed by atoms with Crippen molar-refractivity contribution >= 4 is 5.97 Å². The molecule has 0 aromatic carbocycles. The minimum absolute atomic E-state index is 0.305. The van der Waals surface area contributed by atoms with Crippen molar-refractivity contribution < 1.29 is 9.53 Å². The third-order valence-electron chi connectivity index (χ3n) is 1.95. The SMILES string of the molecule is CCOC(=O)c1ccc(CC(C)C)nc1. The van der Waals surface area contributed by atoms with Crippen LogP contribution in [0.4, 0.5) is 0 Å². The standard InChI is InChI=1S/C12H17NO2/c1-4-15-12(14)10-5-6-11(13-8-10)7-9(2)3/h5-6,8-9H,4,7H2,1-3H3. The fraction of sp³-hybridized carbons (Fsp3) is 0.500. The second-order valence-electron chi connectivity index (χ2n) is 3.86. The molecule has 0 radical (unpaired) electrons. The number of hydrogen-bond acceptors (Lipinski definition) is 3. The molecule has 0 fully saturated rings. The summed E-state index contributed by atoms with van der Waals surface area (Å²) in [6.07, 6.45) is 2.51. The molecule has 0 spiro atoms. The van der Waals surface area contributed by atoms with Gasteiger partial charge in [0, 0.05) is 11.9 Å². The van der Waals surface area contributed by atoms with Gasteiger partial charge in [-0.15, -0.1) is 0 Å². The number of esters is 1. The number of hydrogen-bond donors (Lipinski definition) is 0. The van der Waals surface area contributed by atoms with Gasteiger partial charge in [-0.2, -0.15) is 0 Å². The lowest BCUT2D eigenvalue weighted by Crippen LogP contribution is -2.06. The number of carbonyl (C=O) groups excluding carboxylic acids is 1. The Balaban J connectivity index is 2.67. The third kappa shape index (κ3) is 3.70. The van der Waals surface area contributed by atoms with Crippen molar-refractivity contribution in [3.05, 3.63) is 29.6 Å². The highest BCUT2D eigenvalue weighted by molar-refractivity contribution is 5.88. The van der Waals surface area contributed by atoms with Crippen LogP contribution < -0.4 is 0 Å². The molecule has 0 saturated heterocycles. The Bertz CT molecular complexity index is 317. The molecule has 0 aliphatic heterocycles. The van der Waals surface area contributed by atoms with Gasteiger partial charge in [-0.1, -0.05) is 13.8 Å². The second kappa shape index (κ2) is 5.49. The average molecular weight is 207 g/mol. The normalized spacial score (nSPS) is 10.4. The van der Waals surface area contributed by atoms with E-state index >= 15 is 0 Å². The number of aromatic nitrogens is 1. The molecular weight excluding hydrogens is 190 g/mol. The van der Waals surface area contributed by atoms with E-state index in [9.17, 15) is 4.79 Å². The molecule has 1 aromatic rings. The van der Waals surface area contributed by atoms with Gasteiger partial charge in [-0.3, -0.25) is 4.98 Å². The first-order valence-corrected chi connectivity index (χ1v) is 5.25. The van der Waals surface area contributed by atoms with E-state index in [0.29, 0.717) is 18.1 Å². The highest BCUT2D eigenvalue weighted by Gasteiger charge is 2.06. The molecule has 15 heavy (non-hydrogen) atoms. The summed E-state index contributed by atoms with van der Waals surface area (Å²) in [7, 11) is 0. The maximum Gasteiger partial charge on any atom is 0.339 e. The summed E-state index contributed by atoms with van der Waals surface area (Å²) >= 11 is 0. The molecule has 1 rings (SSSR count). The molecule has 1 aromatic heterocycles. The van der Waals surface area contributed by atoms with Crippen LogP contribution in [0.15, 0.2) is 18.3 Å². The van der Waals surface area contributed by atoms with Crippen molar-refractivity contribution in [1.29, 1.82) is 0 Å². The molecule has 0 N–H and O–H groups in total. The smallest absolute Gasteiger partial charge is 0.339 e. The molecule has 0 unspecified atom stereocenters. The highest BCUT2D eigenvalue weighted by Crippen LogP contribution is 2.07. The van der Waals surface area contributed by atoms with Gasteiger partial charge < -0.3 is 4.74 Å². The fourth-order valence-corrected chi connectivity index (χ4v) is 1.30. The zero-order valence-electron chi connectivity index (χ0n) is 9.49. The Morgan fingerprint density at radius 3 is 2.67 bits per heavy atom. The lowest BCUT2D eigenvalue weighted by atomic mass is 10.1. The van der Waals surface area contributed by atoms with Gasteiger partial charge in [0.1, 0.15) is 0 Å². The highest BCUT2D eigenvalue weighted by atomic mass is 16.5. The second-order valence-corrected chi connectivity index (χ2v) is 3.86. The molecule has 3 heteroatoms. The average Bonchev–Trinajstić information content (AvgIpc) is 2.18. The summed E-state index contributed by atoms with van der Waals surface area (Å²) in [5.74, 6) is 0.270. The van der Waals surface area contributed by atoms with Gasteiger partial charge in [-0.05, 0) is 31.4 Å². The van der Waals surface area contributed by atoms with Crippen LogP contribution in [0.3, 0.4) is 0 Å². The van der Waals surface area contributed by atoms with Crippen LogP contribution in [0.25, 0.3) is 0 Å². The first-order chi connectivity index (χ1) is 7.13. The van der Waals surface area contributed by atoms with E-state index in [1.807, 2.05) is 6.07 Å².